The second-order valence-corrected chi connectivity index (χ2v) is 3.45. The highest BCUT2D eigenvalue weighted by molar-refractivity contribution is 7.78. The maximum absolute atomic E-state index is 10.3. The van der Waals surface area contributed by atoms with Crippen LogP contribution in [0, 0.1) is 5.41 Å². The van der Waals surface area contributed by atoms with E-state index in [1.54, 1.807) is 24.3 Å². The molecule has 1 aromatic rings. The molecule has 1 unspecified atom stereocenters. The Balaban J connectivity index is 2.81. The predicted molar refractivity (Wildman–Crippen MR) is 50.1 cm³/mol. The van der Waals surface area contributed by atoms with Crippen molar-refractivity contribution in [3.8, 4) is 0 Å². The van der Waals surface area contributed by atoms with Crippen LogP contribution in [0.4, 0.5) is 0 Å². The zero-order valence-corrected chi connectivity index (χ0v) is 7.64. The number of amidine groups is 1. The topological polar surface area (TPSA) is 90.0 Å². The Morgan fingerprint density at radius 3 is 2.38 bits per heavy atom. The van der Waals surface area contributed by atoms with Gasteiger partial charge < -0.3 is 10.3 Å². The third-order valence-electron chi connectivity index (χ3n) is 1.55. The molecular weight excluding hydrogens is 188 g/mol. The fraction of sp³-hybridized carbons (Fsp3) is 0.125. The van der Waals surface area contributed by atoms with Crippen molar-refractivity contribution in [1.82, 2.24) is 0 Å². The molecule has 0 bridgehead atoms. The molecule has 0 aromatic heterocycles. The molecule has 0 radical (unpaired) electrons. The number of nitrogens with one attached hydrogen (secondary N) is 1. The summed E-state index contributed by atoms with van der Waals surface area (Å²) < 4.78 is 20.6. The van der Waals surface area contributed by atoms with Crippen LogP contribution >= 0.6 is 0 Å². The van der Waals surface area contributed by atoms with Gasteiger partial charge in [-0.1, -0.05) is 35.3 Å². The highest BCUT2D eigenvalue weighted by Crippen LogP contribution is 2.05. The molecule has 0 aliphatic carbocycles. The first-order chi connectivity index (χ1) is 6.09. The Labute approximate surface area is 78.6 Å². The zero-order valence-electron chi connectivity index (χ0n) is 6.82. The molecule has 1 atom stereocenters. The molecule has 3 N–H and O–H groups in total. The van der Waals surface area contributed by atoms with Crippen molar-refractivity contribution in [2.45, 2.75) is 5.75 Å². The van der Waals surface area contributed by atoms with Crippen molar-refractivity contribution in [2.75, 3.05) is 0 Å². The van der Waals surface area contributed by atoms with Gasteiger partial charge in [0.1, 0.15) is 5.84 Å². The zero-order chi connectivity index (χ0) is 9.84. The molecule has 0 spiro atoms. The van der Waals surface area contributed by atoms with Crippen LogP contribution in [0.2, 0.25) is 0 Å². The molecule has 0 fully saturated rings. The van der Waals surface area contributed by atoms with Gasteiger partial charge in [0.25, 0.3) is 0 Å². The number of rotatable bonds is 3. The van der Waals surface area contributed by atoms with Crippen molar-refractivity contribution in [1.29, 1.82) is 5.41 Å². The first-order valence-electron chi connectivity index (χ1n) is 3.59. The van der Waals surface area contributed by atoms with Crippen LogP contribution in [-0.4, -0.2) is 14.6 Å². The van der Waals surface area contributed by atoms with Crippen LogP contribution in [0.15, 0.2) is 24.3 Å². The maximum Gasteiger partial charge on any atom is 0.122 e. The predicted octanol–water partition coefficient (Wildman–Crippen LogP) is 0.350. The van der Waals surface area contributed by atoms with E-state index in [1.807, 2.05) is 0 Å². The molecule has 0 aliphatic heterocycles. The van der Waals surface area contributed by atoms with Crippen molar-refractivity contribution in [2.24, 2.45) is 5.73 Å². The second-order valence-electron chi connectivity index (χ2n) is 2.56. The first kappa shape index (κ1) is 9.88. The van der Waals surface area contributed by atoms with Gasteiger partial charge in [-0.15, -0.1) is 0 Å². The molecule has 1 rings (SSSR count). The Hall–Kier alpha value is -1.20. The first-order valence-corrected chi connectivity index (χ1v) is 4.83. The van der Waals surface area contributed by atoms with Gasteiger partial charge in [0.15, 0.2) is 0 Å². The summed E-state index contributed by atoms with van der Waals surface area (Å²) in [5.41, 5.74) is 6.52. The van der Waals surface area contributed by atoms with Gasteiger partial charge in [-0.2, -0.15) is 0 Å². The quantitative estimate of drug-likeness (QED) is 0.416. The molecule has 70 valence electrons. The summed E-state index contributed by atoms with van der Waals surface area (Å²) in [6, 6.07) is 6.55. The summed E-state index contributed by atoms with van der Waals surface area (Å²) in [6.07, 6.45) is 0. The summed E-state index contributed by atoms with van der Waals surface area (Å²) in [5.74, 6) is -0.0205. The van der Waals surface area contributed by atoms with E-state index in [0.29, 0.717) is 11.1 Å². The lowest BCUT2D eigenvalue weighted by Crippen LogP contribution is -2.10. The van der Waals surface area contributed by atoms with Crippen LogP contribution < -0.4 is 5.73 Å². The molecule has 4 nitrogen and oxygen atoms in total. The van der Waals surface area contributed by atoms with Crippen LogP contribution in [0.5, 0.6) is 0 Å². The maximum atomic E-state index is 10.3. The summed E-state index contributed by atoms with van der Waals surface area (Å²) in [4.78, 5) is 0. The second kappa shape index (κ2) is 4.15. The molecule has 5 heteroatoms. The van der Waals surface area contributed by atoms with E-state index < -0.39 is 11.1 Å². The van der Waals surface area contributed by atoms with Crippen molar-refractivity contribution in [3.05, 3.63) is 35.4 Å². The Kier molecular flexibility index (Phi) is 3.16. The number of benzene rings is 1. The van der Waals surface area contributed by atoms with Crippen LogP contribution in [0.25, 0.3) is 0 Å². The van der Waals surface area contributed by atoms with Crippen LogP contribution in [0.1, 0.15) is 11.1 Å². The van der Waals surface area contributed by atoms with Crippen molar-refractivity contribution in [3.63, 3.8) is 0 Å². The van der Waals surface area contributed by atoms with Gasteiger partial charge >= 0.3 is 0 Å². The Bertz CT molecular complexity index is 335. The highest BCUT2D eigenvalue weighted by Gasteiger charge is 1.96. The Morgan fingerprint density at radius 1 is 1.46 bits per heavy atom. The largest absolute Gasteiger partial charge is 0.772 e. The molecule has 0 amide bonds. The monoisotopic (exact) mass is 197 g/mol. The average molecular weight is 197 g/mol. The van der Waals surface area contributed by atoms with Gasteiger partial charge in [-0.05, 0) is 5.56 Å². The normalized spacial score (nSPS) is 12.4. The minimum absolute atomic E-state index is 0.00180. The SMILES string of the molecule is N=C(N)c1ccc(CS(=O)[O-])cc1. The molecular formula is C8H9N2O2S-. The number of nitrogens with two attached hydrogens (primary N) is 1. The lowest BCUT2D eigenvalue weighted by Gasteiger charge is -2.05. The van der Waals surface area contributed by atoms with Gasteiger partial charge in [0.2, 0.25) is 0 Å². The number of hydrogen-bond donors (Lipinski definition) is 2. The minimum Gasteiger partial charge on any atom is -0.772 e. The molecule has 0 saturated heterocycles. The smallest absolute Gasteiger partial charge is 0.122 e. The van der Waals surface area contributed by atoms with Gasteiger partial charge in [-0.25, -0.2) is 0 Å². The van der Waals surface area contributed by atoms with Crippen LogP contribution in [-0.2, 0) is 16.8 Å². The van der Waals surface area contributed by atoms with Gasteiger partial charge in [0, 0.05) is 11.3 Å². The summed E-state index contributed by atoms with van der Waals surface area (Å²) in [7, 11) is 0. The molecule has 0 saturated carbocycles. The molecule has 1 aromatic carbocycles. The fourth-order valence-electron chi connectivity index (χ4n) is 0.917. The number of nitrogen functional groups attached to an aromatic ring is 1. The third-order valence-corrected chi connectivity index (χ3v) is 2.12. The summed E-state index contributed by atoms with van der Waals surface area (Å²) in [5, 5.41) is 7.10. The standard InChI is InChI=1S/C8H10N2O2S/c9-8(10)7-3-1-6(2-4-7)5-13(11)12/h1-4H,5H2,(H3,9,10)(H,11,12)/p-1. The van der Waals surface area contributed by atoms with E-state index in [1.165, 1.54) is 0 Å². The average Bonchev–Trinajstić information content (AvgIpc) is 2.04. The van der Waals surface area contributed by atoms with E-state index >= 15 is 0 Å². The third kappa shape index (κ3) is 2.96. The lowest BCUT2D eigenvalue weighted by atomic mass is 10.1. The van der Waals surface area contributed by atoms with E-state index in [4.69, 9.17) is 11.1 Å². The molecule has 13 heavy (non-hydrogen) atoms. The van der Waals surface area contributed by atoms with E-state index in [2.05, 4.69) is 0 Å². The Morgan fingerprint density at radius 2 is 2.00 bits per heavy atom. The van der Waals surface area contributed by atoms with E-state index in [9.17, 15) is 8.76 Å². The summed E-state index contributed by atoms with van der Waals surface area (Å²) in [6.45, 7) is 0. The molecule has 0 heterocycles. The minimum atomic E-state index is -2.07. The molecule has 0 aliphatic rings. The van der Waals surface area contributed by atoms with E-state index in [0.717, 1.165) is 0 Å². The highest BCUT2D eigenvalue weighted by atomic mass is 32.2. The lowest BCUT2D eigenvalue weighted by molar-refractivity contribution is 0.536. The van der Waals surface area contributed by atoms with Crippen molar-refractivity contribution < 1.29 is 8.76 Å². The van der Waals surface area contributed by atoms with Gasteiger partial charge in [0.05, 0.1) is 0 Å². The number of hydrogen-bond acceptors (Lipinski definition) is 3. The summed E-state index contributed by atoms with van der Waals surface area (Å²) >= 11 is -2.07. The van der Waals surface area contributed by atoms with Crippen LogP contribution in [0.3, 0.4) is 0 Å². The van der Waals surface area contributed by atoms with Crippen molar-refractivity contribution >= 4 is 16.9 Å². The fourth-order valence-corrected chi connectivity index (χ4v) is 1.38. The van der Waals surface area contributed by atoms with E-state index in [-0.39, 0.29) is 11.6 Å². The van der Waals surface area contributed by atoms with Gasteiger partial charge in [-0.3, -0.25) is 9.62 Å².